The number of hydrogen-bond donors (Lipinski definition) is 1. The van der Waals surface area contributed by atoms with Crippen molar-refractivity contribution in [3.63, 3.8) is 0 Å². The molecule has 2 atom stereocenters. The Balaban J connectivity index is 4.38. The van der Waals surface area contributed by atoms with Gasteiger partial charge in [-0.2, -0.15) is 0 Å². The summed E-state index contributed by atoms with van der Waals surface area (Å²) >= 11 is 0. The summed E-state index contributed by atoms with van der Waals surface area (Å²) < 4.78 is 17.3. The number of carbonyl (C=O) groups excluding carboxylic acids is 2. The van der Waals surface area contributed by atoms with E-state index < -0.39 is 18.1 Å². The summed E-state index contributed by atoms with van der Waals surface area (Å²) in [4.78, 5) is 37.0. The average molecular weight is 825 g/mol. The number of carboxylic acids is 1. The Morgan fingerprint density at radius 3 is 1.44 bits per heavy atom. The predicted octanol–water partition coefficient (Wildman–Crippen LogP) is 12.9. The molecule has 0 spiro atoms. The minimum absolute atomic E-state index is 0.0410. The van der Waals surface area contributed by atoms with E-state index in [4.69, 9.17) is 14.2 Å². The number of carbonyl (C=O) groups is 3. The van der Waals surface area contributed by atoms with Gasteiger partial charge in [-0.05, 0) is 57.8 Å². The number of esters is 2. The Hall–Kier alpha value is -3.49. The Bertz CT molecular complexity index is 1240. The highest BCUT2D eigenvalue weighted by Crippen LogP contribution is 2.14. The molecule has 0 radical (unpaired) electrons. The summed E-state index contributed by atoms with van der Waals surface area (Å²) in [5.74, 6) is -1.53. The zero-order valence-corrected chi connectivity index (χ0v) is 38.2. The molecule has 0 heterocycles. The summed E-state index contributed by atoms with van der Waals surface area (Å²) in [7, 11) is 5.51. The number of unbranched alkanes of at least 4 members (excludes halogenated alkanes) is 17. The first-order chi connectivity index (χ1) is 28.6. The van der Waals surface area contributed by atoms with E-state index >= 15 is 0 Å². The van der Waals surface area contributed by atoms with Crippen molar-refractivity contribution in [3.05, 3.63) is 85.1 Å². The zero-order chi connectivity index (χ0) is 43.5. The van der Waals surface area contributed by atoms with Gasteiger partial charge < -0.3 is 23.8 Å². The maximum Gasteiger partial charge on any atom is 0.362 e. The topological polar surface area (TPSA) is 99.1 Å². The van der Waals surface area contributed by atoms with E-state index in [2.05, 4.69) is 50.3 Å². The predicted molar refractivity (Wildman–Crippen MR) is 247 cm³/mol. The van der Waals surface area contributed by atoms with Gasteiger partial charge in [0.25, 0.3) is 0 Å². The highest BCUT2D eigenvalue weighted by Gasteiger charge is 2.31. The SMILES string of the molecule is CC/C=C/C=C/C=C/C=C/C=C/CCCCCC(=O)OCC(COCCC(C(=O)O)[N+](C)(C)C)OC(=O)CCCCCCCCCCCC/C=C/C=C/CCCCCC. The smallest absolute Gasteiger partial charge is 0.362 e. The van der Waals surface area contributed by atoms with E-state index in [0.717, 1.165) is 51.4 Å². The molecule has 0 fully saturated rings. The van der Waals surface area contributed by atoms with Crippen molar-refractivity contribution in [1.29, 1.82) is 0 Å². The van der Waals surface area contributed by atoms with Gasteiger partial charge in [0.15, 0.2) is 12.1 Å². The molecule has 0 aliphatic carbocycles. The van der Waals surface area contributed by atoms with Gasteiger partial charge in [-0.3, -0.25) is 9.59 Å². The van der Waals surface area contributed by atoms with E-state index in [0.29, 0.717) is 19.3 Å². The van der Waals surface area contributed by atoms with Crippen LogP contribution in [0.3, 0.4) is 0 Å². The van der Waals surface area contributed by atoms with Crippen molar-refractivity contribution in [2.24, 2.45) is 0 Å². The van der Waals surface area contributed by atoms with Crippen LogP contribution in [0.15, 0.2) is 85.1 Å². The molecule has 0 saturated heterocycles. The highest BCUT2D eigenvalue weighted by atomic mass is 16.6. The fourth-order valence-corrected chi connectivity index (χ4v) is 6.34. The van der Waals surface area contributed by atoms with Crippen molar-refractivity contribution >= 4 is 17.9 Å². The molecule has 0 saturated carbocycles. The summed E-state index contributed by atoms with van der Waals surface area (Å²) in [6.07, 6.45) is 53.4. The number of quaternary nitrogens is 1. The van der Waals surface area contributed by atoms with Gasteiger partial charge in [-0.15, -0.1) is 0 Å². The van der Waals surface area contributed by atoms with Crippen LogP contribution in [0.5, 0.6) is 0 Å². The van der Waals surface area contributed by atoms with Crippen molar-refractivity contribution in [2.45, 2.75) is 180 Å². The summed E-state index contributed by atoms with van der Waals surface area (Å²) in [5.41, 5.74) is 0. The van der Waals surface area contributed by atoms with Gasteiger partial charge in [0, 0.05) is 19.3 Å². The normalized spacial score (nSPS) is 13.7. The van der Waals surface area contributed by atoms with Gasteiger partial charge in [0.05, 0.1) is 34.4 Å². The quantitative estimate of drug-likeness (QED) is 0.0284. The molecular weight excluding hydrogens is 739 g/mol. The maximum atomic E-state index is 12.8. The number of ether oxygens (including phenoxy) is 3. The molecule has 0 aromatic carbocycles. The van der Waals surface area contributed by atoms with Crippen molar-refractivity contribution in [2.75, 3.05) is 41.0 Å². The number of likely N-dealkylation sites (N-methyl/N-ethyl adjacent to an activating group) is 1. The van der Waals surface area contributed by atoms with E-state index in [1.165, 1.54) is 83.5 Å². The molecular formula is C51H86NO7+. The second-order valence-electron chi connectivity index (χ2n) is 16.4. The van der Waals surface area contributed by atoms with Crippen molar-refractivity contribution < 1.29 is 38.2 Å². The Morgan fingerprint density at radius 2 is 0.949 bits per heavy atom. The second-order valence-corrected chi connectivity index (χ2v) is 16.4. The van der Waals surface area contributed by atoms with E-state index in [1.807, 2.05) is 69.8 Å². The molecule has 0 aliphatic rings. The van der Waals surface area contributed by atoms with Crippen LogP contribution in [0.2, 0.25) is 0 Å². The Labute approximate surface area is 361 Å². The van der Waals surface area contributed by atoms with Crippen LogP contribution in [0.4, 0.5) is 0 Å². The largest absolute Gasteiger partial charge is 0.477 e. The van der Waals surface area contributed by atoms with Gasteiger partial charge in [-0.1, -0.05) is 176 Å². The number of aliphatic carboxylic acids is 1. The van der Waals surface area contributed by atoms with Gasteiger partial charge >= 0.3 is 17.9 Å². The Morgan fingerprint density at radius 1 is 0.525 bits per heavy atom. The standard InChI is InChI=1S/C51H85NO7/c1-6-8-10-12-14-16-18-20-22-23-24-25-26-28-30-32-34-36-38-40-42-50(54)59-47(45-57-44-43-48(51(55)56)52(3,4)5)46-58-49(53)41-39-37-35-33-31-29-27-21-19-17-15-13-11-9-7-2/h9,11,13,15-22,27,29,31,47-48H,6-8,10,12,14,23-26,28,30,32-46H2,1-5H3/p+1/b11-9+,15-13+,18-16+,19-17+,22-20+,27-21+,31-29+. The molecule has 59 heavy (non-hydrogen) atoms. The fourth-order valence-electron chi connectivity index (χ4n) is 6.34. The molecule has 0 amide bonds. The summed E-state index contributed by atoms with van der Waals surface area (Å²) in [6.45, 7) is 4.52. The van der Waals surface area contributed by atoms with Crippen LogP contribution in [0, 0.1) is 0 Å². The molecule has 336 valence electrons. The first-order valence-corrected chi connectivity index (χ1v) is 23.2. The average Bonchev–Trinajstić information content (AvgIpc) is 3.19. The number of hydrogen-bond acceptors (Lipinski definition) is 6. The molecule has 0 bridgehead atoms. The summed E-state index contributed by atoms with van der Waals surface area (Å²) in [5, 5.41) is 9.63. The monoisotopic (exact) mass is 825 g/mol. The van der Waals surface area contributed by atoms with Crippen molar-refractivity contribution in [1.82, 2.24) is 0 Å². The third-order valence-corrected chi connectivity index (χ3v) is 9.93. The van der Waals surface area contributed by atoms with Gasteiger partial charge in [0.2, 0.25) is 0 Å². The molecule has 2 unspecified atom stereocenters. The van der Waals surface area contributed by atoms with Crippen LogP contribution in [0.25, 0.3) is 0 Å². The van der Waals surface area contributed by atoms with Crippen LogP contribution in [-0.2, 0) is 28.6 Å². The fraction of sp³-hybridized carbons (Fsp3) is 0.667. The lowest BCUT2D eigenvalue weighted by molar-refractivity contribution is -0.887. The van der Waals surface area contributed by atoms with Crippen LogP contribution in [0.1, 0.15) is 168 Å². The molecule has 8 heteroatoms. The Kier molecular flexibility index (Phi) is 38.8. The van der Waals surface area contributed by atoms with Crippen LogP contribution < -0.4 is 0 Å². The van der Waals surface area contributed by atoms with E-state index in [9.17, 15) is 19.5 Å². The van der Waals surface area contributed by atoms with Crippen LogP contribution >= 0.6 is 0 Å². The lowest BCUT2D eigenvalue weighted by Gasteiger charge is -2.31. The number of nitrogens with zero attached hydrogens (tertiary/aromatic N) is 1. The van der Waals surface area contributed by atoms with E-state index in [1.54, 1.807) is 0 Å². The molecule has 0 rings (SSSR count). The minimum Gasteiger partial charge on any atom is -0.477 e. The highest BCUT2D eigenvalue weighted by molar-refractivity contribution is 5.72. The number of rotatable bonds is 40. The lowest BCUT2D eigenvalue weighted by atomic mass is 10.1. The molecule has 0 aromatic rings. The third kappa shape index (κ3) is 39.7. The first kappa shape index (κ1) is 55.5. The maximum absolute atomic E-state index is 12.8. The third-order valence-electron chi connectivity index (χ3n) is 9.93. The zero-order valence-electron chi connectivity index (χ0n) is 38.2. The molecule has 1 N–H and O–H groups in total. The molecule has 0 aliphatic heterocycles. The second kappa shape index (κ2) is 41.3. The van der Waals surface area contributed by atoms with Crippen LogP contribution in [-0.4, -0.2) is 80.6 Å². The lowest BCUT2D eigenvalue weighted by Crippen LogP contribution is -2.50. The van der Waals surface area contributed by atoms with E-state index in [-0.39, 0.29) is 36.2 Å². The minimum atomic E-state index is -0.885. The number of allylic oxidation sites excluding steroid dienone is 14. The van der Waals surface area contributed by atoms with Gasteiger partial charge in [0.1, 0.15) is 6.61 Å². The van der Waals surface area contributed by atoms with Gasteiger partial charge in [-0.25, -0.2) is 4.79 Å². The summed E-state index contributed by atoms with van der Waals surface area (Å²) in [6, 6.07) is -0.626. The van der Waals surface area contributed by atoms with Crippen molar-refractivity contribution in [3.8, 4) is 0 Å². The molecule has 8 nitrogen and oxygen atoms in total. The first-order valence-electron chi connectivity index (χ1n) is 23.2. The molecule has 0 aromatic heterocycles. The number of carboxylic acid groups (broad SMARTS) is 1.